The van der Waals surface area contributed by atoms with Crippen molar-refractivity contribution >= 4 is 17.7 Å². The molecule has 2 N–H and O–H groups in total. The van der Waals surface area contributed by atoms with E-state index in [1.54, 1.807) is 0 Å². The number of benzene rings is 1. The molecule has 0 radical (unpaired) electrons. The van der Waals surface area contributed by atoms with E-state index in [4.69, 9.17) is 5.11 Å². The Bertz CT molecular complexity index is 343. The van der Waals surface area contributed by atoms with Crippen molar-refractivity contribution < 1.29 is 9.90 Å². The summed E-state index contributed by atoms with van der Waals surface area (Å²) < 4.78 is 0. The van der Waals surface area contributed by atoms with Crippen LogP contribution in [0, 0.1) is 5.92 Å². The van der Waals surface area contributed by atoms with Crippen LogP contribution in [0.5, 0.6) is 0 Å². The lowest BCUT2D eigenvalue weighted by Gasteiger charge is -2.19. The second-order valence-corrected chi connectivity index (χ2v) is 5.17. The van der Waals surface area contributed by atoms with E-state index >= 15 is 0 Å². The molecular formula is C13H19NO2S. The fourth-order valence-corrected chi connectivity index (χ4v) is 1.99. The highest BCUT2D eigenvalue weighted by atomic mass is 32.2. The molecule has 2 unspecified atom stereocenters. The van der Waals surface area contributed by atoms with Crippen LogP contribution in [0.3, 0.4) is 0 Å². The Morgan fingerprint density at radius 2 is 2.00 bits per heavy atom. The summed E-state index contributed by atoms with van der Waals surface area (Å²) in [6.45, 7) is 3.91. The zero-order valence-corrected chi connectivity index (χ0v) is 11.0. The molecule has 2 atom stereocenters. The molecule has 0 aliphatic rings. The minimum absolute atomic E-state index is 0.00359. The van der Waals surface area contributed by atoms with Crippen LogP contribution in [0.4, 0.5) is 0 Å². The van der Waals surface area contributed by atoms with Gasteiger partial charge in [0.25, 0.3) is 0 Å². The molecule has 17 heavy (non-hydrogen) atoms. The van der Waals surface area contributed by atoms with Crippen molar-refractivity contribution in [1.82, 2.24) is 5.32 Å². The first-order chi connectivity index (χ1) is 8.13. The van der Waals surface area contributed by atoms with Crippen LogP contribution in [0.2, 0.25) is 0 Å². The summed E-state index contributed by atoms with van der Waals surface area (Å²) in [6, 6.07) is 9.83. The number of carbonyl (C=O) groups excluding carboxylic acids is 1. The highest BCUT2D eigenvalue weighted by Gasteiger charge is 2.13. The van der Waals surface area contributed by atoms with Gasteiger partial charge in [-0.3, -0.25) is 4.79 Å². The van der Waals surface area contributed by atoms with Gasteiger partial charge in [-0.05, 0) is 25.0 Å². The predicted molar refractivity (Wildman–Crippen MR) is 71.0 cm³/mol. The van der Waals surface area contributed by atoms with Crippen LogP contribution in [-0.2, 0) is 4.79 Å². The zero-order valence-electron chi connectivity index (χ0n) is 10.2. The maximum Gasteiger partial charge on any atom is 0.230 e. The van der Waals surface area contributed by atoms with E-state index in [0.717, 1.165) is 4.90 Å². The number of hydrogen-bond donors (Lipinski definition) is 2. The van der Waals surface area contributed by atoms with E-state index in [9.17, 15) is 4.79 Å². The molecule has 0 saturated heterocycles. The zero-order chi connectivity index (χ0) is 12.7. The standard InChI is InChI=1S/C13H19NO2S/c1-10(8-15)11(2)14-13(16)9-17-12-6-4-3-5-7-12/h3-7,10-11,15H,8-9H2,1-2H3,(H,14,16). The Hall–Kier alpha value is -1.00. The molecule has 0 fully saturated rings. The number of nitrogens with one attached hydrogen (secondary N) is 1. The van der Waals surface area contributed by atoms with Crippen molar-refractivity contribution in [2.24, 2.45) is 5.92 Å². The third kappa shape index (κ3) is 5.24. The SMILES string of the molecule is CC(CO)C(C)NC(=O)CSc1ccccc1. The number of aliphatic hydroxyl groups is 1. The Labute approximate surface area is 107 Å². The fraction of sp³-hybridized carbons (Fsp3) is 0.462. The molecule has 1 aromatic rings. The molecule has 1 rings (SSSR count). The molecule has 1 aromatic carbocycles. The number of amides is 1. The van der Waals surface area contributed by atoms with Crippen LogP contribution in [0.1, 0.15) is 13.8 Å². The van der Waals surface area contributed by atoms with E-state index in [1.807, 2.05) is 44.2 Å². The van der Waals surface area contributed by atoms with Gasteiger partial charge in [0.1, 0.15) is 0 Å². The van der Waals surface area contributed by atoms with E-state index in [2.05, 4.69) is 5.32 Å². The van der Waals surface area contributed by atoms with E-state index < -0.39 is 0 Å². The molecule has 3 nitrogen and oxygen atoms in total. The van der Waals surface area contributed by atoms with Crippen LogP contribution >= 0.6 is 11.8 Å². The minimum Gasteiger partial charge on any atom is -0.396 e. The highest BCUT2D eigenvalue weighted by Crippen LogP contribution is 2.16. The Morgan fingerprint density at radius 1 is 1.35 bits per heavy atom. The summed E-state index contributed by atoms with van der Waals surface area (Å²) in [5.74, 6) is 0.499. The smallest absolute Gasteiger partial charge is 0.230 e. The number of aliphatic hydroxyl groups excluding tert-OH is 1. The molecule has 0 aliphatic carbocycles. The van der Waals surface area contributed by atoms with Crippen molar-refractivity contribution in [2.75, 3.05) is 12.4 Å². The number of hydrogen-bond acceptors (Lipinski definition) is 3. The van der Waals surface area contributed by atoms with Crippen molar-refractivity contribution in [3.63, 3.8) is 0 Å². The lowest BCUT2D eigenvalue weighted by Crippen LogP contribution is -2.39. The van der Waals surface area contributed by atoms with Crippen LogP contribution < -0.4 is 5.32 Å². The summed E-state index contributed by atoms with van der Waals surface area (Å²) in [5.41, 5.74) is 0. The van der Waals surface area contributed by atoms with Crippen molar-refractivity contribution in [3.8, 4) is 0 Å². The summed E-state index contributed by atoms with van der Waals surface area (Å²) >= 11 is 1.52. The van der Waals surface area contributed by atoms with Crippen LogP contribution in [0.15, 0.2) is 35.2 Å². The van der Waals surface area contributed by atoms with Gasteiger partial charge in [-0.1, -0.05) is 25.1 Å². The van der Waals surface area contributed by atoms with Gasteiger partial charge in [0, 0.05) is 17.5 Å². The van der Waals surface area contributed by atoms with Gasteiger partial charge in [0.05, 0.1) is 5.75 Å². The summed E-state index contributed by atoms with van der Waals surface area (Å²) in [4.78, 5) is 12.7. The number of carbonyl (C=O) groups is 1. The van der Waals surface area contributed by atoms with Gasteiger partial charge < -0.3 is 10.4 Å². The maximum atomic E-state index is 11.6. The molecule has 0 heterocycles. The Morgan fingerprint density at radius 3 is 2.59 bits per heavy atom. The molecule has 1 amide bonds. The highest BCUT2D eigenvalue weighted by molar-refractivity contribution is 8.00. The quantitative estimate of drug-likeness (QED) is 0.761. The molecule has 0 aliphatic heterocycles. The second kappa shape index (κ2) is 7.35. The van der Waals surface area contributed by atoms with Crippen LogP contribution in [0.25, 0.3) is 0 Å². The van der Waals surface area contributed by atoms with E-state index in [1.165, 1.54) is 11.8 Å². The van der Waals surface area contributed by atoms with E-state index in [-0.39, 0.29) is 24.5 Å². The normalized spacial score (nSPS) is 14.1. The third-order valence-electron chi connectivity index (χ3n) is 2.64. The summed E-state index contributed by atoms with van der Waals surface area (Å²) in [6.07, 6.45) is 0. The monoisotopic (exact) mass is 253 g/mol. The van der Waals surface area contributed by atoms with Gasteiger partial charge in [-0.15, -0.1) is 11.8 Å². The minimum atomic E-state index is 0.00359. The van der Waals surface area contributed by atoms with Crippen molar-refractivity contribution in [2.45, 2.75) is 24.8 Å². The molecule has 0 aromatic heterocycles. The lowest BCUT2D eigenvalue weighted by atomic mass is 10.1. The van der Waals surface area contributed by atoms with Crippen molar-refractivity contribution in [1.29, 1.82) is 0 Å². The van der Waals surface area contributed by atoms with Gasteiger partial charge in [-0.25, -0.2) is 0 Å². The average Bonchev–Trinajstić information content (AvgIpc) is 2.36. The van der Waals surface area contributed by atoms with E-state index in [0.29, 0.717) is 5.75 Å². The van der Waals surface area contributed by atoms with Gasteiger partial charge in [0.2, 0.25) is 5.91 Å². The van der Waals surface area contributed by atoms with Gasteiger partial charge in [-0.2, -0.15) is 0 Å². The molecular weight excluding hydrogens is 234 g/mol. The predicted octanol–water partition coefficient (Wildman–Crippen LogP) is 1.91. The topological polar surface area (TPSA) is 49.3 Å². The largest absolute Gasteiger partial charge is 0.396 e. The van der Waals surface area contributed by atoms with Crippen LogP contribution in [-0.4, -0.2) is 29.4 Å². The summed E-state index contributed by atoms with van der Waals surface area (Å²) in [5, 5.41) is 11.9. The molecule has 4 heteroatoms. The molecule has 94 valence electrons. The average molecular weight is 253 g/mol. The molecule has 0 spiro atoms. The summed E-state index contributed by atoms with van der Waals surface area (Å²) in [7, 11) is 0. The van der Waals surface area contributed by atoms with Gasteiger partial charge in [0.15, 0.2) is 0 Å². The molecule has 0 bridgehead atoms. The number of thioether (sulfide) groups is 1. The fourth-order valence-electron chi connectivity index (χ4n) is 1.26. The molecule has 0 saturated carbocycles. The third-order valence-corrected chi connectivity index (χ3v) is 3.66. The van der Waals surface area contributed by atoms with Gasteiger partial charge >= 0.3 is 0 Å². The Kier molecular flexibility index (Phi) is 6.08. The van der Waals surface area contributed by atoms with Crippen molar-refractivity contribution in [3.05, 3.63) is 30.3 Å². The maximum absolute atomic E-state index is 11.6. The first kappa shape index (κ1) is 14.1. The number of rotatable bonds is 6. The second-order valence-electron chi connectivity index (χ2n) is 4.12. The Balaban J connectivity index is 2.31. The lowest BCUT2D eigenvalue weighted by molar-refractivity contribution is -0.119. The first-order valence-corrected chi connectivity index (χ1v) is 6.70. The first-order valence-electron chi connectivity index (χ1n) is 5.71.